The summed E-state index contributed by atoms with van der Waals surface area (Å²) >= 11 is 0. The molecule has 5 nitrogen and oxygen atoms in total. The Morgan fingerprint density at radius 3 is 2.95 bits per heavy atom. The van der Waals surface area contributed by atoms with Crippen molar-refractivity contribution in [3.8, 4) is 0 Å². The highest BCUT2D eigenvalue weighted by Crippen LogP contribution is 2.35. The van der Waals surface area contributed by atoms with E-state index in [-0.39, 0.29) is 17.8 Å². The number of anilines is 1. The van der Waals surface area contributed by atoms with Crippen LogP contribution in [0.2, 0.25) is 0 Å². The van der Waals surface area contributed by atoms with E-state index in [1.165, 1.54) is 12.3 Å². The smallest absolute Gasteiger partial charge is 0.254 e. The third kappa shape index (κ3) is 1.84. The highest BCUT2D eigenvalue weighted by Gasteiger charge is 2.32. The highest BCUT2D eigenvalue weighted by molar-refractivity contribution is 5.97. The van der Waals surface area contributed by atoms with Crippen LogP contribution in [0.4, 0.5) is 10.2 Å². The van der Waals surface area contributed by atoms with Gasteiger partial charge in [-0.05, 0) is 6.07 Å². The van der Waals surface area contributed by atoms with E-state index < -0.39 is 5.91 Å². The summed E-state index contributed by atoms with van der Waals surface area (Å²) in [5.41, 5.74) is 6.23. The van der Waals surface area contributed by atoms with E-state index in [0.717, 1.165) is 0 Å². The first-order valence-electron chi connectivity index (χ1n) is 6.45. The van der Waals surface area contributed by atoms with Crippen molar-refractivity contribution in [3.63, 3.8) is 0 Å². The monoisotopic (exact) mass is 274 g/mol. The van der Waals surface area contributed by atoms with Crippen LogP contribution in [-0.2, 0) is 0 Å². The average molecular weight is 274 g/mol. The molecule has 0 fully saturated rings. The van der Waals surface area contributed by atoms with Gasteiger partial charge in [0.05, 0.1) is 12.2 Å². The van der Waals surface area contributed by atoms with E-state index in [2.05, 4.69) is 10.4 Å². The summed E-state index contributed by atoms with van der Waals surface area (Å²) in [6.07, 6.45) is 1.43. The molecule has 0 radical (unpaired) electrons. The van der Waals surface area contributed by atoms with Crippen molar-refractivity contribution < 1.29 is 9.18 Å². The number of nitrogens with one attached hydrogen (secondary N) is 1. The topological polar surface area (TPSA) is 72.9 Å². The molecule has 3 N–H and O–H groups in total. The maximum atomic E-state index is 14.1. The molecule has 2 unspecified atom stereocenters. The Bertz CT molecular complexity index is 667. The van der Waals surface area contributed by atoms with Gasteiger partial charge < -0.3 is 11.1 Å². The van der Waals surface area contributed by atoms with Gasteiger partial charge in [0, 0.05) is 18.0 Å². The Kier molecular flexibility index (Phi) is 2.93. The zero-order valence-electron chi connectivity index (χ0n) is 11.0. The molecule has 2 heterocycles. The molecule has 1 aliphatic heterocycles. The number of primary amides is 1. The predicted molar refractivity (Wildman–Crippen MR) is 72.9 cm³/mol. The Hall–Kier alpha value is -2.37. The summed E-state index contributed by atoms with van der Waals surface area (Å²) in [7, 11) is 0. The molecule has 3 rings (SSSR count). The van der Waals surface area contributed by atoms with Gasteiger partial charge in [-0.25, -0.2) is 9.07 Å². The Labute approximate surface area is 115 Å². The first-order chi connectivity index (χ1) is 9.59. The second kappa shape index (κ2) is 4.63. The number of hydrogen-bond donors (Lipinski definition) is 2. The Morgan fingerprint density at radius 2 is 2.25 bits per heavy atom. The first kappa shape index (κ1) is 12.7. The van der Waals surface area contributed by atoms with Crippen LogP contribution in [0.15, 0.2) is 30.5 Å². The lowest BCUT2D eigenvalue weighted by Gasteiger charge is -2.32. The molecule has 104 valence electrons. The lowest BCUT2D eigenvalue weighted by molar-refractivity contribution is 0.100. The molecule has 1 aliphatic rings. The van der Waals surface area contributed by atoms with Gasteiger partial charge in [0.15, 0.2) is 0 Å². The van der Waals surface area contributed by atoms with Crippen molar-refractivity contribution in [1.29, 1.82) is 0 Å². The first-order valence-corrected chi connectivity index (χ1v) is 6.45. The number of fused-ring (bicyclic) bond motifs is 1. The van der Waals surface area contributed by atoms with Crippen molar-refractivity contribution in [3.05, 3.63) is 47.4 Å². The van der Waals surface area contributed by atoms with Crippen molar-refractivity contribution >= 4 is 11.7 Å². The maximum Gasteiger partial charge on any atom is 0.254 e. The fourth-order valence-corrected chi connectivity index (χ4v) is 2.69. The molecule has 1 aromatic heterocycles. The van der Waals surface area contributed by atoms with Gasteiger partial charge >= 0.3 is 0 Å². The van der Waals surface area contributed by atoms with Gasteiger partial charge in [0.25, 0.3) is 5.91 Å². The minimum absolute atomic E-state index is 0.139. The summed E-state index contributed by atoms with van der Waals surface area (Å²) < 4.78 is 15.7. The number of carbonyl (C=O) groups excluding carboxylic acids is 1. The van der Waals surface area contributed by atoms with Crippen molar-refractivity contribution in [2.24, 2.45) is 11.7 Å². The lowest BCUT2D eigenvalue weighted by Crippen LogP contribution is -2.33. The molecule has 0 saturated carbocycles. The Morgan fingerprint density at radius 1 is 1.50 bits per heavy atom. The number of nitrogens with two attached hydrogens (primary N) is 1. The van der Waals surface area contributed by atoms with Gasteiger partial charge in [0.2, 0.25) is 0 Å². The number of rotatable bonds is 2. The zero-order valence-corrected chi connectivity index (χ0v) is 11.0. The summed E-state index contributed by atoms with van der Waals surface area (Å²) in [6.45, 7) is 2.64. The Balaban J connectivity index is 2.14. The van der Waals surface area contributed by atoms with Crippen LogP contribution in [0.1, 0.15) is 28.9 Å². The van der Waals surface area contributed by atoms with Gasteiger partial charge in [-0.3, -0.25) is 4.79 Å². The SMILES string of the molecule is CC1CNc2c(C(N)=O)cnn2C1c1ccccc1F. The summed E-state index contributed by atoms with van der Waals surface area (Å²) in [6, 6.07) is 6.38. The standard InChI is InChI=1S/C14H15FN4O/c1-8-6-17-14-10(13(16)20)7-18-19(14)12(8)9-4-2-3-5-11(9)15/h2-5,7-8,12,17H,6H2,1H3,(H2,16,20). The normalized spacial score (nSPS) is 21.1. The fourth-order valence-electron chi connectivity index (χ4n) is 2.69. The van der Waals surface area contributed by atoms with Gasteiger partial charge in [-0.1, -0.05) is 25.1 Å². The summed E-state index contributed by atoms with van der Waals surface area (Å²) in [4.78, 5) is 11.4. The quantitative estimate of drug-likeness (QED) is 0.876. The number of amides is 1. The zero-order chi connectivity index (χ0) is 14.3. The number of benzene rings is 1. The molecule has 0 bridgehead atoms. The molecule has 6 heteroatoms. The molecule has 2 atom stereocenters. The number of halogens is 1. The van der Waals surface area contributed by atoms with Crippen LogP contribution in [0.25, 0.3) is 0 Å². The van der Waals surface area contributed by atoms with Crippen LogP contribution in [0.3, 0.4) is 0 Å². The van der Waals surface area contributed by atoms with Gasteiger partial charge in [-0.2, -0.15) is 5.10 Å². The fraction of sp³-hybridized carbons (Fsp3) is 0.286. The van der Waals surface area contributed by atoms with E-state index in [0.29, 0.717) is 23.5 Å². The van der Waals surface area contributed by atoms with Crippen molar-refractivity contribution in [2.45, 2.75) is 13.0 Å². The second-order valence-corrected chi connectivity index (χ2v) is 5.04. The third-order valence-corrected chi connectivity index (χ3v) is 3.68. The number of carbonyl (C=O) groups is 1. The summed E-state index contributed by atoms with van der Waals surface area (Å²) in [5.74, 6) is -0.113. The number of aromatic nitrogens is 2. The van der Waals surface area contributed by atoms with E-state index in [1.807, 2.05) is 6.92 Å². The van der Waals surface area contributed by atoms with Gasteiger partial charge in [0.1, 0.15) is 17.2 Å². The van der Waals surface area contributed by atoms with Crippen LogP contribution in [0, 0.1) is 11.7 Å². The minimum Gasteiger partial charge on any atom is -0.369 e. The molecule has 0 aliphatic carbocycles. The number of hydrogen-bond acceptors (Lipinski definition) is 3. The average Bonchev–Trinajstić information content (AvgIpc) is 2.84. The molecule has 0 saturated heterocycles. The lowest BCUT2D eigenvalue weighted by atomic mass is 9.92. The molecule has 1 amide bonds. The van der Waals surface area contributed by atoms with Crippen LogP contribution in [-0.4, -0.2) is 22.2 Å². The van der Waals surface area contributed by atoms with E-state index in [9.17, 15) is 9.18 Å². The molecule has 1 aromatic carbocycles. The van der Waals surface area contributed by atoms with Crippen LogP contribution in [0.5, 0.6) is 0 Å². The van der Waals surface area contributed by atoms with E-state index >= 15 is 0 Å². The highest BCUT2D eigenvalue weighted by atomic mass is 19.1. The molecule has 20 heavy (non-hydrogen) atoms. The second-order valence-electron chi connectivity index (χ2n) is 5.04. The van der Waals surface area contributed by atoms with Crippen molar-refractivity contribution in [2.75, 3.05) is 11.9 Å². The number of nitrogens with zero attached hydrogens (tertiary/aromatic N) is 2. The van der Waals surface area contributed by atoms with Crippen LogP contribution < -0.4 is 11.1 Å². The summed E-state index contributed by atoms with van der Waals surface area (Å²) in [5, 5.41) is 7.35. The van der Waals surface area contributed by atoms with Crippen LogP contribution >= 0.6 is 0 Å². The molecule has 0 spiro atoms. The molecular weight excluding hydrogens is 259 g/mol. The third-order valence-electron chi connectivity index (χ3n) is 3.68. The minimum atomic E-state index is -0.541. The van der Waals surface area contributed by atoms with E-state index in [1.54, 1.807) is 22.9 Å². The van der Waals surface area contributed by atoms with Crippen molar-refractivity contribution in [1.82, 2.24) is 9.78 Å². The molecular formula is C14H15FN4O. The largest absolute Gasteiger partial charge is 0.369 e. The maximum absolute atomic E-state index is 14.1. The predicted octanol–water partition coefficient (Wildman–Crippen LogP) is 1.77. The van der Waals surface area contributed by atoms with E-state index in [4.69, 9.17) is 5.73 Å². The molecule has 2 aromatic rings. The van der Waals surface area contributed by atoms with Gasteiger partial charge in [-0.15, -0.1) is 0 Å².